The Bertz CT molecular complexity index is 575. The molecule has 4 heteroatoms. The highest BCUT2D eigenvalue weighted by Crippen LogP contribution is 2.14. The van der Waals surface area contributed by atoms with Crippen LogP contribution in [0.25, 0.3) is 0 Å². The van der Waals surface area contributed by atoms with E-state index in [4.69, 9.17) is 9.15 Å². The van der Waals surface area contributed by atoms with Crippen molar-refractivity contribution in [2.45, 2.75) is 33.4 Å². The maximum absolute atomic E-state index is 12.0. The van der Waals surface area contributed by atoms with E-state index in [9.17, 15) is 4.79 Å². The Morgan fingerprint density at radius 3 is 2.52 bits per heavy atom. The number of ether oxygens (including phenoxy) is 1. The molecule has 1 heterocycles. The number of rotatable bonds is 6. The van der Waals surface area contributed by atoms with Crippen LogP contribution in [0, 0.1) is 5.92 Å². The molecule has 21 heavy (non-hydrogen) atoms. The average molecular weight is 287 g/mol. The monoisotopic (exact) mass is 287 g/mol. The van der Waals surface area contributed by atoms with Crippen LogP contribution in [0.15, 0.2) is 46.9 Å². The Morgan fingerprint density at radius 2 is 1.86 bits per heavy atom. The van der Waals surface area contributed by atoms with Gasteiger partial charge in [0.15, 0.2) is 5.76 Å². The molecule has 0 saturated heterocycles. The first-order chi connectivity index (χ1) is 10.1. The SMILES string of the molecule is CC(C)C(C)NC(=O)c1ccc(COc2ccccc2)o1. The summed E-state index contributed by atoms with van der Waals surface area (Å²) in [6.45, 7) is 6.40. The van der Waals surface area contributed by atoms with Crippen molar-refractivity contribution in [1.29, 1.82) is 0 Å². The molecule has 0 aliphatic rings. The van der Waals surface area contributed by atoms with Crippen molar-refractivity contribution in [1.82, 2.24) is 5.32 Å². The van der Waals surface area contributed by atoms with E-state index >= 15 is 0 Å². The second-order valence-electron chi connectivity index (χ2n) is 5.37. The molecule has 0 bridgehead atoms. The Morgan fingerprint density at radius 1 is 1.14 bits per heavy atom. The van der Waals surface area contributed by atoms with E-state index in [2.05, 4.69) is 19.2 Å². The number of amides is 1. The Kier molecular flexibility index (Phi) is 5.04. The molecule has 0 aliphatic heterocycles. The summed E-state index contributed by atoms with van der Waals surface area (Å²) in [6.07, 6.45) is 0. The number of benzene rings is 1. The van der Waals surface area contributed by atoms with Gasteiger partial charge >= 0.3 is 0 Å². The van der Waals surface area contributed by atoms with Gasteiger partial charge in [0.1, 0.15) is 18.1 Å². The molecule has 1 unspecified atom stereocenters. The van der Waals surface area contributed by atoms with Crippen molar-refractivity contribution in [3.63, 3.8) is 0 Å². The van der Waals surface area contributed by atoms with Crippen LogP contribution in [0.1, 0.15) is 37.1 Å². The van der Waals surface area contributed by atoms with Gasteiger partial charge in [0, 0.05) is 6.04 Å². The molecule has 0 spiro atoms. The van der Waals surface area contributed by atoms with Crippen LogP contribution in [-0.4, -0.2) is 11.9 Å². The smallest absolute Gasteiger partial charge is 0.287 e. The molecule has 2 aromatic rings. The van der Waals surface area contributed by atoms with E-state index < -0.39 is 0 Å². The van der Waals surface area contributed by atoms with Crippen LogP contribution < -0.4 is 10.1 Å². The third-order valence-electron chi connectivity index (χ3n) is 3.37. The lowest BCUT2D eigenvalue weighted by atomic mass is 10.1. The summed E-state index contributed by atoms with van der Waals surface area (Å²) in [4.78, 5) is 12.0. The lowest BCUT2D eigenvalue weighted by molar-refractivity contribution is 0.0898. The lowest BCUT2D eigenvalue weighted by Gasteiger charge is -2.16. The van der Waals surface area contributed by atoms with Crippen LogP contribution in [0.3, 0.4) is 0 Å². The Hall–Kier alpha value is -2.23. The lowest BCUT2D eigenvalue weighted by Crippen LogP contribution is -2.35. The first kappa shape index (κ1) is 15.2. The predicted octanol–water partition coefficient (Wildman–Crippen LogP) is 3.63. The van der Waals surface area contributed by atoms with E-state index in [1.54, 1.807) is 12.1 Å². The Balaban J connectivity index is 1.90. The van der Waals surface area contributed by atoms with Crippen LogP contribution >= 0.6 is 0 Å². The molecular formula is C17H21NO3. The summed E-state index contributed by atoms with van der Waals surface area (Å²) in [5, 5.41) is 2.91. The standard InChI is InChI=1S/C17H21NO3/c1-12(2)13(3)18-17(19)16-10-9-15(21-16)11-20-14-7-5-4-6-8-14/h4-10,12-13H,11H2,1-3H3,(H,18,19). The number of furan rings is 1. The van der Waals surface area contributed by atoms with Crippen LogP contribution in [0.2, 0.25) is 0 Å². The fourth-order valence-corrected chi connectivity index (χ4v) is 1.69. The van der Waals surface area contributed by atoms with Gasteiger partial charge in [-0.25, -0.2) is 0 Å². The molecule has 0 radical (unpaired) electrons. The van der Waals surface area contributed by atoms with Crippen molar-refractivity contribution in [2.75, 3.05) is 0 Å². The third-order valence-corrected chi connectivity index (χ3v) is 3.37. The molecule has 0 aliphatic carbocycles. The summed E-state index contributed by atoms with van der Waals surface area (Å²) >= 11 is 0. The third kappa shape index (κ3) is 4.38. The molecule has 0 saturated carbocycles. The van der Waals surface area contributed by atoms with Crippen molar-refractivity contribution in [2.24, 2.45) is 5.92 Å². The highest BCUT2D eigenvalue weighted by molar-refractivity contribution is 5.91. The topological polar surface area (TPSA) is 51.5 Å². The molecule has 1 N–H and O–H groups in total. The molecule has 4 nitrogen and oxygen atoms in total. The predicted molar refractivity (Wildman–Crippen MR) is 81.2 cm³/mol. The van der Waals surface area contributed by atoms with Crippen molar-refractivity contribution >= 4 is 5.91 Å². The molecular weight excluding hydrogens is 266 g/mol. The van der Waals surface area contributed by atoms with E-state index in [1.165, 1.54) is 0 Å². The first-order valence-electron chi connectivity index (χ1n) is 7.13. The zero-order chi connectivity index (χ0) is 15.2. The minimum Gasteiger partial charge on any atom is -0.486 e. The van der Waals surface area contributed by atoms with E-state index in [0.29, 0.717) is 24.0 Å². The van der Waals surface area contributed by atoms with Crippen LogP contribution in [0.4, 0.5) is 0 Å². The van der Waals surface area contributed by atoms with Crippen molar-refractivity contribution in [3.8, 4) is 5.75 Å². The Labute approximate surface area is 125 Å². The quantitative estimate of drug-likeness (QED) is 0.882. The zero-order valence-electron chi connectivity index (χ0n) is 12.6. The van der Waals surface area contributed by atoms with Crippen molar-refractivity contribution < 1.29 is 13.9 Å². The highest BCUT2D eigenvalue weighted by Gasteiger charge is 2.15. The summed E-state index contributed by atoms with van der Waals surface area (Å²) in [6, 6.07) is 13.0. The summed E-state index contributed by atoms with van der Waals surface area (Å²) in [5.74, 6) is 1.90. The number of nitrogens with one attached hydrogen (secondary N) is 1. The van der Waals surface area contributed by atoms with Crippen LogP contribution in [-0.2, 0) is 6.61 Å². The largest absolute Gasteiger partial charge is 0.486 e. The number of carbonyl (C=O) groups is 1. The second kappa shape index (κ2) is 6.97. The van der Waals surface area contributed by atoms with E-state index in [0.717, 1.165) is 5.75 Å². The molecule has 112 valence electrons. The van der Waals surface area contributed by atoms with Gasteiger partial charge in [-0.3, -0.25) is 4.79 Å². The van der Waals surface area contributed by atoms with Gasteiger partial charge in [0.25, 0.3) is 5.91 Å². The fourth-order valence-electron chi connectivity index (χ4n) is 1.69. The molecule has 0 fully saturated rings. The molecule has 1 atom stereocenters. The molecule has 1 aromatic carbocycles. The number of para-hydroxylation sites is 1. The number of carbonyl (C=O) groups excluding carboxylic acids is 1. The van der Waals surface area contributed by atoms with Gasteiger partial charge < -0.3 is 14.5 Å². The van der Waals surface area contributed by atoms with Gasteiger partial charge in [-0.2, -0.15) is 0 Å². The van der Waals surface area contributed by atoms with Gasteiger partial charge in [0.05, 0.1) is 0 Å². The van der Waals surface area contributed by atoms with E-state index in [-0.39, 0.29) is 11.9 Å². The van der Waals surface area contributed by atoms with Gasteiger partial charge in [0.2, 0.25) is 0 Å². The summed E-state index contributed by atoms with van der Waals surface area (Å²) in [5.41, 5.74) is 0. The maximum Gasteiger partial charge on any atom is 0.287 e. The van der Waals surface area contributed by atoms with Crippen molar-refractivity contribution in [3.05, 3.63) is 54.0 Å². The van der Waals surface area contributed by atoms with Crippen LogP contribution in [0.5, 0.6) is 5.75 Å². The normalized spacial score (nSPS) is 12.2. The van der Waals surface area contributed by atoms with Gasteiger partial charge in [-0.05, 0) is 37.1 Å². The molecule has 2 rings (SSSR count). The fraction of sp³-hybridized carbons (Fsp3) is 0.353. The summed E-state index contributed by atoms with van der Waals surface area (Å²) in [7, 11) is 0. The zero-order valence-corrected chi connectivity index (χ0v) is 12.6. The molecule has 1 amide bonds. The average Bonchev–Trinajstić information content (AvgIpc) is 2.95. The van der Waals surface area contributed by atoms with E-state index in [1.807, 2.05) is 37.3 Å². The minimum absolute atomic E-state index is 0.103. The number of hydrogen-bond donors (Lipinski definition) is 1. The first-order valence-corrected chi connectivity index (χ1v) is 7.13. The molecule has 1 aromatic heterocycles. The highest BCUT2D eigenvalue weighted by atomic mass is 16.5. The van der Waals surface area contributed by atoms with Gasteiger partial charge in [-0.15, -0.1) is 0 Å². The van der Waals surface area contributed by atoms with Gasteiger partial charge in [-0.1, -0.05) is 32.0 Å². The number of hydrogen-bond acceptors (Lipinski definition) is 3. The minimum atomic E-state index is -0.192. The summed E-state index contributed by atoms with van der Waals surface area (Å²) < 4.78 is 11.1. The second-order valence-corrected chi connectivity index (χ2v) is 5.37. The maximum atomic E-state index is 12.0.